The number of rotatable bonds is 6. The van der Waals surface area contributed by atoms with Crippen molar-refractivity contribution in [1.29, 1.82) is 0 Å². The standard InChI is InChI=1S/C11H20N4S/c1-8(2)7-13-11-6-10(12-4-5-16)14-9(3)15-11/h6,8,16H,4-5,7H2,1-3H3,(H2,12,13,14,15). The van der Waals surface area contributed by atoms with Crippen molar-refractivity contribution in [2.75, 3.05) is 29.5 Å². The first kappa shape index (κ1) is 13.1. The van der Waals surface area contributed by atoms with E-state index in [-0.39, 0.29) is 0 Å². The molecule has 0 amide bonds. The van der Waals surface area contributed by atoms with E-state index in [2.05, 4.69) is 47.1 Å². The van der Waals surface area contributed by atoms with Crippen LogP contribution in [-0.4, -0.2) is 28.8 Å². The van der Waals surface area contributed by atoms with E-state index in [4.69, 9.17) is 0 Å². The number of aromatic nitrogens is 2. The summed E-state index contributed by atoms with van der Waals surface area (Å²) in [6, 6.07) is 1.93. The van der Waals surface area contributed by atoms with E-state index in [0.717, 1.165) is 36.3 Å². The Morgan fingerprint density at radius 1 is 1.25 bits per heavy atom. The average Bonchev–Trinajstić information content (AvgIpc) is 2.23. The van der Waals surface area contributed by atoms with Gasteiger partial charge in [-0.25, -0.2) is 9.97 Å². The third-order valence-electron chi connectivity index (χ3n) is 1.95. The van der Waals surface area contributed by atoms with Crippen molar-refractivity contribution in [2.24, 2.45) is 5.92 Å². The second-order valence-corrected chi connectivity index (χ2v) is 4.56. The van der Waals surface area contributed by atoms with Gasteiger partial charge in [0, 0.05) is 24.9 Å². The molecule has 0 aliphatic rings. The Kier molecular flexibility index (Phi) is 5.38. The molecular formula is C11H20N4S. The van der Waals surface area contributed by atoms with Crippen LogP contribution in [0.15, 0.2) is 6.07 Å². The van der Waals surface area contributed by atoms with Gasteiger partial charge < -0.3 is 10.6 Å². The van der Waals surface area contributed by atoms with E-state index in [9.17, 15) is 0 Å². The number of nitrogens with zero attached hydrogens (tertiary/aromatic N) is 2. The van der Waals surface area contributed by atoms with Gasteiger partial charge >= 0.3 is 0 Å². The molecule has 0 fully saturated rings. The summed E-state index contributed by atoms with van der Waals surface area (Å²) in [6.45, 7) is 7.96. The molecule has 0 spiro atoms. The lowest BCUT2D eigenvalue weighted by atomic mass is 10.2. The first-order valence-corrected chi connectivity index (χ1v) is 6.19. The summed E-state index contributed by atoms with van der Waals surface area (Å²) in [5, 5.41) is 6.49. The van der Waals surface area contributed by atoms with Gasteiger partial charge in [-0.2, -0.15) is 12.6 Å². The minimum atomic E-state index is 0.601. The smallest absolute Gasteiger partial charge is 0.131 e. The van der Waals surface area contributed by atoms with Crippen molar-refractivity contribution in [3.8, 4) is 0 Å². The monoisotopic (exact) mass is 240 g/mol. The van der Waals surface area contributed by atoms with Crippen LogP contribution >= 0.6 is 12.6 Å². The summed E-state index contributed by atoms with van der Waals surface area (Å²) in [5.41, 5.74) is 0. The predicted molar refractivity (Wildman–Crippen MR) is 72.4 cm³/mol. The Morgan fingerprint density at radius 2 is 1.88 bits per heavy atom. The number of anilines is 2. The van der Waals surface area contributed by atoms with Crippen LogP contribution in [0.5, 0.6) is 0 Å². The molecule has 1 aromatic heterocycles. The van der Waals surface area contributed by atoms with E-state index in [1.54, 1.807) is 0 Å². The normalized spacial score (nSPS) is 10.6. The van der Waals surface area contributed by atoms with Gasteiger partial charge in [0.15, 0.2) is 0 Å². The van der Waals surface area contributed by atoms with Crippen LogP contribution in [0.4, 0.5) is 11.6 Å². The summed E-state index contributed by atoms with van der Waals surface area (Å²) in [7, 11) is 0. The predicted octanol–water partition coefficient (Wildman–Crippen LogP) is 2.19. The van der Waals surface area contributed by atoms with Crippen LogP contribution < -0.4 is 10.6 Å². The lowest BCUT2D eigenvalue weighted by Gasteiger charge is -2.10. The zero-order valence-corrected chi connectivity index (χ0v) is 11.0. The van der Waals surface area contributed by atoms with Crippen molar-refractivity contribution in [3.63, 3.8) is 0 Å². The molecule has 90 valence electrons. The van der Waals surface area contributed by atoms with Crippen molar-refractivity contribution in [2.45, 2.75) is 20.8 Å². The van der Waals surface area contributed by atoms with Gasteiger partial charge in [0.05, 0.1) is 0 Å². The number of aryl methyl sites for hydroxylation is 1. The summed E-state index contributed by atoms with van der Waals surface area (Å²) < 4.78 is 0. The fourth-order valence-corrected chi connectivity index (χ4v) is 1.35. The highest BCUT2D eigenvalue weighted by Crippen LogP contribution is 2.11. The molecule has 1 heterocycles. The van der Waals surface area contributed by atoms with E-state index >= 15 is 0 Å². The molecule has 1 aromatic rings. The Hall–Kier alpha value is -0.970. The van der Waals surface area contributed by atoms with Crippen molar-refractivity contribution in [1.82, 2.24) is 9.97 Å². The summed E-state index contributed by atoms with van der Waals surface area (Å²) in [4.78, 5) is 8.63. The van der Waals surface area contributed by atoms with Gasteiger partial charge in [-0.05, 0) is 12.8 Å². The van der Waals surface area contributed by atoms with Gasteiger partial charge in [0.1, 0.15) is 17.5 Å². The fourth-order valence-electron chi connectivity index (χ4n) is 1.24. The molecule has 2 N–H and O–H groups in total. The molecule has 0 atom stereocenters. The first-order chi connectivity index (χ1) is 7.61. The minimum Gasteiger partial charge on any atom is -0.370 e. The number of hydrogen-bond acceptors (Lipinski definition) is 5. The topological polar surface area (TPSA) is 49.8 Å². The maximum absolute atomic E-state index is 4.33. The van der Waals surface area contributed by atoms with E-state index in [1.165, 1.54) is 0 Å². The number of nitrogens with one attached hydrogen (secondary N) is 2. The van der Waals surface area contributed by atoms with Gasteiger partial charge in [-0.1, -0.05) is 13.8 Å². The third-order valence-corrected chi connectivity index (χ3v) is 2.17. The van der Waals surface area contributed by atoms with Gasteiger partial charge in [-0.15, -0.1) is 0 Å². The van der Waals surface area contributed by atoms with E-state index < -0.39 is 0 Å². The van der Waals surface area contributed by atoms with Crippen LogP contribution in [0.1, 0.15) is 19.7 Å². The highest BCUT2D eigenvalue weighted by Gasteiger charge is 2.01. The third kappa shape index (κ3) is 4.70. The molecule has 0 aromatic carbocycles. The van der Waals surface area contributed by atoms with Crippen LogP contribution in [0.3, 0.4) is 0 Å². The molecular weight excluding hydrogens is 220 g/mol. The van der Waals surface area contributed by atoms with Gasteiger partial charge in [0.2, 0.25) is 0 Å². The number of hydrogen-bond donors (Lipinski definition) is 3. The number of thiol groups is 1. The molecule has 0 aliphatic carbocycles. The van der Waals surface area contributed by atoms with Crippen LogP contribution in [0.2, 0.25) is 0 Å². The van der Waals surface area contributed by atoms with Crippen LogP contribution in [0, 0.1) is 12.8 Å². The highest BCUT2D eigenvalue weighted by molar-refractivity contribution is 7.80. The Morgan fingerprint density at radius 3 is 2.44 bits per heavy atom. The summed E-state index contributed by atoms with van der Waals surface area (Å²) in [5.74, 6) is 3.90. The van der Waals surface area contributed by atoms with E-state index in [0.29, 0.717) is 5.92 Å². The molecule has 16 heavy (non-hydrogen) atoms. The average molecular weight is 240 g/mol. The lowest BCUT2D eigenvalue weighted by molar-refractivity contribution is 0.686. The van der Waals surface area contributed by atoms with Crippen molar-refractivity contribution >= 4 is 24.3 Å². The fraction of sp³-hybridized carbons (Fsp3) is 0.636. The molecule has 0 aliphatic heterocycles. The van der Waals surface area contributed by atoms with Crippen LogP contribution in [0.25, 0.3) is 0 Å². The van der Waals surface area contributed by atoms with Crippen molar-refractivity contribution < 1.29 is 0 Å². The minimum absolute atomic E-state index is 0.601. The maximum atomic E-state index is 4.33. The molecule has 0 bridgehead atoms. The highest BCUT2D eigenvalue weighted by atomic mass is 32.1. The first-order valence-electron chi connectivity index (χ1n) is 5.56. The molecule has 0 saturated heterocycles. The quantitative estimate of drug-likeness (QED) is 0.667. The van der Waals surface area contributed by atoms with Crippen LogP contribution in [-0.2, 0) is 0 Å². The molecule has 0 saturated carbocycles. The SMILES string of the molecule is Cc1nc(NCCS)cc(NCC(C)C)n1. The molecule has 1 rings (SSSR count). The molecule has 4 nitrogen and oxygen atoms in total. The lowest BCUT2D eigenvalue weighted by Crippen LogP contribution is -2.12. The molecule has 0 radical (unpaired) electrons. The molecule has 0 unspecified atom stereocenters. The second-order valence-electron chi connectivity index (χ2n) is 4.11. The van der Waals surface area contributed by atoms with Crippen molar-refractivity contribution in [3.05, 3.63) is 11.9 Å². The summed E-state index contributed by atoms with van der Waals surface area (Å²) in [6.07, 6.45) is 0. The Labute approximate surface area is 103 Å². The Balaban J connectivity index is 2.65. The zero-order chi connectivity index (χ0) is 12.0. The maximum Gasteiger partial charge on any atom is 0.131 e. The van der Waals surface area contributed by atoms with Gasteiger partial charge in [-0.3, -0.25) is 0 Å². The largest absolute Gasteiger partial charge is 0.370 e. The zero-order valence-electron chi connectivity index (χ0n) is 10.1. The second kappa shape index (κ2) is 6.58. The van der Waals surface area contributed by atoms with Gasteiger partial charge in [0.25, 0.3) is 0 Å². The Bertz CT molecular complexity index is 328. The molecule has 5 heteroatoms. The summed E-state index contributed by atoms with van der Waals surface area (Å²) >= 11 is 4.15. The van der Waals surface area contributed by atoms with E-state index in [1.807, 2.05) is 13.0 Å².